The first-order valence-electron chi connectivity index (χ1n) is 6.43. The summed E-state index contributed by atoms with van der Waals surface area (Å²) < 4.78 is 5.38. The van der Waals surface area contributed by atoms with E-state index in [4.69, 9.17) is 10.5 Å². The predicted molar refractivity (Wildman–Crippen MR) is 81.1 cm³/mol. The fraction of sp³-hybridized carbons (Fsp3) is 0.176. The summed E-state index contributed by atoms with van der Waals surface area (Å²) in [6.07, 6.45) is 5.05. The van der Waals surface area contributed by atoms with Crippen molar-refractivity contribution < 1.29 is 4.74 Å². The van der Waals surface area contributed by atoms with Gasteiger partial charge in [0.1, 0.15) is 5.75 Å². The van der Waals surface area contributed by atoms with Gasteiger partial charge in [-0.3, -0.25) is 0 Å². The number of hydrogen-bond acceptors (Lipinski definition) is 2. The van der Waals surface area contributed by atoms with Gasteiger partial charge in [-0.2, -0.15) is 0 Å². The largest absolute Gasteiger partial charge is 0.496 e. The zero-order chi connectivity index (χ0) is 13.5. The third-order valence-electron chi connectivity index (χ3n) is 2.98. The lowest BCUT2D eigenvalue weighted by molar-refractivity contribution is 0.413. The Morgan fingerprint density at radius 2 is 1.84 bits per heavy atom. The molecule has 2 heteroatoms. The number of nitrogens with two attached hydrogens (primary N) is 1. The van der Waals surface area contributed by atoms with Gasteiger partial charge in [0.25, 0.3) is 0 Å². The van der Waals surface area contributed by atoms with E-state index < -0.39 is 0 Å². The van der Waals surface area contributed by atoms with E-state index in [1.807, 2.05) is 24.3 Å². The molecule has 98 valence electrons. The molecule has 2 nitrogen and oxygen atoms in total. The second-order valence-electron chi connectivity index (χ2n) is 4.36. The maximum absolute atomic E-state index is 5.60. The molecule has 0 aromatic heterocycles. The standard InChI is InChI=1S/C17H19NO/c1-19-17-10-8-15(11-12-18)13-16(17)9-7-14-5-3-2-4-6-14/h2-10,13H,11-12,18H2,1H3/b9-7+. The molecule has 0 aliphatic heterocycles. The fourth-order valence-electron chi connectivity index (χ4n) is 1.99. The van der Waals surface area contributed by atoms with Gasteiger partial charge in [0.2, 0.25) is 0 Å². The third kappa shape index (κ3) is 3.70. The Labute approximate surface area is 114 Å². The molecule has 2 aromatic carbocycles. The number of ether oxygens (including phenoxy) is 1. The van der Waals surface area contributed by atoms with Gasteiger partial charge in [0.15, 0.2) is 0 Å². The SMILES string of the molecule is COc1ccc(CCN)cc1/C=C/c1ccccc1. The summed E-state index contributed by atoms with van der Waals surface area (Å²) in [5.41, 5.74) is 9.08. The highest BCUT2D eigenvalue weighted by Crippen LogP contribution is 2.22. The van der Waals surface area contributed by atoms with Crippen molar-refractivity contribution in [3.63, 3.8) is 0 Å². The Morgan fingerprint density at radius 1 is 1.05 bits per heavy atom. The van der Waals surface area contributed by atoms with Gasteiger partial charge < -0.3 is 10.5 Å². The van der Waals surface area contributed by atoms with Gasteiger partial charge in [-0.15, -0.1) is 0 Å². The van der Waals surface area contributed by atoms with E-state index in [0.29, 0.717) is 6.54 Å². The van der Waals surface area contributed by atoms with E-state index in [2.05, 4.69) is 36.4 Å². The van der Waals surface area contributed by atoms with Crippen LogP contribution in [0.3, 0.4) is 0 Å². The van der Waals surface area contributed by atoms with E-state index in [-0.39, 0.29) is 0 Å². The summed E-state index contributed by atoms with van der Waals surface area (Å²) in [7, 11) is 1.69. The van der Waals surface area contributed by atoms with Crippen molar-refractivity contribution in [1.82, 2.24) is 0 Å². The monoisotopic (exact) mass is 253 g/mol. The molecule has 0 bridgehead atoms. The molecule has 0 spiro atoms. The first-order valence-corrected chi connectivity index (χ1v) is 6.43. The molecular formula is C17H19NO. The molecule has 0 aliphatic carbocycles. The highest BCUT2D eigenvalue weighted by atomic mass is 16.5. The van der Waals surface area contributed by atoms with Gasteiger partial charge >= 0.3 is 0 Å². The van der Waals surface area contributed by atoms with E-state index in [1.54, 1.807) is 7.11 Å². The van der Waals surface area contributed by atoms with Crippen LogP contribution in [0.2, 0.25) is 0 Å². The molecule has 2 aromatic rings. The Morgan fingerprint density at radius 3 is 2.53 bits per heavy atom. The normalized spacial score (nSPS) is 10.8. The number of hydrogen-bond donors (Lipinski definition) is 1. The van der Waals surface area contributed by atoms with Crippen LogP contribution in [0, 0.1) is 0 Å². The molecule has 0 fully saturated rings. The highest BCUT2D eigenvalue weighted by molar-refractivity contribution is 5.72. The van der Waals surface area contributed by atoms with Crippen molar-refractivity contribution in [3.05, 3.63) is 65.2 Å². The molecular weight excluding hydrogens is 234 g/mol. The Bertz CT molecular complexity index is 546. The molecule has 2 rings (SSSR count). The van der Waals surface area contributed by atoms with Gasteiger partial charge in [0, 0.05) is 5.56 Å². The maximum atomic E-state index is 5.60. The maximum Gasteiger partial charge on any atom is 0.126 e. The minimum Gasteiger partial charge on any atom is -0.496 e. The lowest BCUT2D eigenvalue weighted by Crippen LogP contribution is -2.02. The predicted octanol–water partition coefficient (Wildman–Crippen LogP) is 3.37. The van der Waals surface area contributed by atoms with Gasteiger partial charge in [0.05, 0.1) is 7.11 Å². The lowest BCUT2D eigenvalue weighted by atomic mass is 10.1. The minimum atomic E-state index is 0.661. The molecule has 0 saturated heterocycles. The molecule has 0 unspecified atom stereocenters. The van der Waals surface area contributed by atoms with Crippen molar-refractivity contribution >= 4 is 12.2 Å². The molecule has 2 N–H and O–H groups in total. The van der Waals surface area contributed by atoms with Crippen LogP contribution in [0.4, 0.5) is 0 Å². The summed E-state index contributed by atoms with van der Waals surface area (Å²) in [6, 6.07) is 16.4. The van der Waals surface area contributed by atoms with E-state index >= 15 is 0 Å². The Hall–Kier alpha value is -2.06. The van der Waals surface area contributed by atoms with Crippen LogP contribution in [0.5, 0.6) is 5.75 Å². The van der Waals surface area contributed by atoms with E-state index in [0.717, 1.165) is 17.7 Å². The van der Waals surface area contributed by atoms with Crippen LogP contribution < -0.4 is 10.5 Å². The number of benzene rings is 2. The minimum absolute atomic E-state index is 0.661. The second-order valence-corrected chi connectivity index (χ2v) is 4.36. The van der Waals surface area contributed by atoms with Crippen molar-refractivity contribution in [2.75, 3.05) is 13.7 Å². The average molecular weight is 253 g/mol. The topological polar surface area (TPSA) is 35.2 Å². The van der Waals surface area contributed by atoms with Crippen LogP contribution in [0.25, 0.3) is 12.2 Å². The van der Waals surface area contributed by atoms with Crippen molar-refractivity contribution in [3.8, 4) is 5.75 Å². The molecule has 0 radical (unpaired) electrons. The van der Waals surface area contributed by atoms with Crippen LogP contribution in [-0.2, 0) is 6.42 Å². The first kappa shape index (κ1) is 13.4. The van der Waals surface area contributed by atoms with Gasteiger partial charge in [-0.05, 0) is 36.2 Å². The summed E-state index contributed by atoms with van der Waals surface area (Å²) >= 11 is 0. The quantitative estimate of drug-likeness (QED) is 0.829. The van der Waals surface area contributed by atoms with Crippen LogP contribution >= 0.6 is 0 Å². The fourth-order valence-corrected chi connectivity index (χ4v) is 1.99. The third-order valence-corrected chi connectivity index (χ3v) is 2.98. The van der Waals surface area contributed by atoms with Crippen LogP contribution in [0.15, 0.2) is 48.5 Å². The van der Waals surface area contributed by atoms with E-state index in [9.17, 15) is 0 Å². The highest BCUT2D eigenvalue weighted by Gasteiger charge is 2.01. The smallest absolute Gasteiger partial charge is 0.126 e. The zero-order valence-corrected chi connectivity index (χ0v) is 11.2. The van der Waals surface area contributed by atoms with Crippen LogP contribution in [-0.4, -0.2) is 13.7 Å². The summed E-state index contributed by atoms with van der Waals surface area (Å²) in [5, 5.41) is 0. The second kappa shape index (κ2) is 6.76. The van der Waals surface area contributed by atoms with Crippen molar-refractivity contribution in [2.24, 2.45) is 5.73 Å². The lowest BCUT2D eigenvalue weighted by Gasteiger charge is -2.07. The number of methoxy groups -OCH3 is 1. The molecule has 0 amide bonds. The van der Waals surface area contributed by atoms with Crippen molar-refractivity contribution in [2.45, 2.75) is 6.42 Å². The molecule has 0 saturated carbocycles. The molecule has 0 atom stereocenters. The van der Waals surface area contributed by atoms with Crippen LogP contribution in [0.1, 0.15) is 16.7 Å². The van der Waals surface area contributed by atoms with E-state index in [1.165, 1.54) is 11.1 Å². The average Bonchev–Trinajstić information content (AvgIpc) is 2.47. The Kier molecular flexibility index (Phi) is 4.76. The van der Waals surface area contributed by atoms with Crippen molar-refractivity contribution in [1.29, 1.82) is 0 Å². The summed E-state index contributed by atoms with van der Waals surface area (Å²) in [6.45, 7) is 0.661. The van der Waals surface area contributed by atoms with Gasteiger partial charge in [-0.1, -0.05) is 48.6 Å². The first-order chi connectivity index (χ1) is 9.33. The zero-order valence-electron chi connectivity index (χ0n) is 11.2. The summed E-state index contributed by atoms with van der Waals surface area (Å²) in [4.78, 5) is 0. The molecule has 0 aliphatic rings. The Balaban J connectivity index is 2.27. The summed E-state index contributed by atoms with van der Waals surface area (Å²) in [5.74, 6) is 0.882. The van der Waals surface area contributed by atoms with Gasteiger partial charge in [-0.25, -0.2) is 0 Å². The molecule has 19 heavy (non-hydrogen) atoms. The number of rotatable bonds is 5. The molecule has 0 heterocycles.